The van der Waals surface area contributed by atoms with Gasteiger partial charge in [0.05, 0.1) is 18.7 Å². The zero-order valence-electron chi connectivity index (χ0n) is 8.63. The summed E-state index contributed by atoms with van der Waals surface area (Å²) in [4.78, 5) is 11.1. The summed E-state index contributed by atoms with van der Waals surface area (Å²) in [5.41, 5.74) is 0.773. The van der Waals surface area contributed by atoms with Crippen LogP contribution in [0, 0.1) is 6.92 Å². The normalized spacial score (nSPS) is 9.87. The molecule has 0 amide bonds. The van der Waals surface area contributed by atoms with E-state index in [0.29, 0.717) is 10.2 Å². The highest BCUT2D eigenvalue weighted by Crippen LogP contribution is 2.38. The molecule has 0 saturated heterocycles. The van der Waals surface area contributed by atoms with Crippen LogP contribution in [0.1, 0.15) is 15.9 Å². The minimum absolute atomic E-state index is 0.0341. The van der Waals surface area contributed by atoms with E-state index in [4.69, 9.17) is 14.6 Å². The molecule has 0 spiro atoms. The Morgan fingerprint density at radius 3 is 2.27 bits per heavy atom. The second-order valence-corrected chi connectivity index (χ2v) is 3.78. The summed E-state index contributed by atoms with van der Waals surface area (Å²) < 4.78 is 10.7. The molecule has 0 atom stereocenters. The van der Waals surface area contributed by atoms with Gasteiger partial charge in [-0.25, -0.2) is 4.79 Å². The molecular weight excluding hydrogens is 264 g/mol. The number of halogens is 1. The standard InChI is InChI=1S/C10H11BrO4/c1-5-4-6(11)9(15-3)7(10(12)13)8(5)14-2/h4H,1-3H3,(H,12,13). The number of benzene rings is 1. The molecule has 0 aliphatic rings. The molecule has 0 aromatic heterocycles. The molecule has 1 aromatic rings. The lowest BCUT2D eigenvalue weighted by molar-refractivity contribution is 0.0689. The first-order valence-electron chi connectivity index (χ1n) is 4.17. The van der Waals surface area contributed by atoms with E-state index in [1.54, 1.807) is 13.0 Å². The van der Waals surface area contributed by atoms with Gasteiger partial charge in [0.1, 0.15) is 11.3 Å². The van der Waals surface area contributed by atoms with Gasteiger partial charge in [-0.2, -0.15) is 0 Å². The fourth-order valence-electron chi connectivity index (χ4n) is 1.40. The third-order valence-corrected chi connectivity index (χ3v) is 2.58. The summed E-state index contributed by atoms with van der Waals surface area (Å²) in [5.74, 6) is -0.486. The molecule has 0 bridgehead atoms. The van der Waals surface area contributed by atoms with Gasteiger partial charge in [0.15, 0.2) is 5.75 Å². The van der Waals surface area contributed by atoms with Crippen LogP contribution in [-0.4, -0.2) is 25.3 Å². The van der Waals surface area contributed by atoms with Crippen LogP contribution in [0.25, 0.3) is 0 Å². The number of aromatic carboxylic acids is 1. The molecular formula is C10H11BrO4. The van der Waals surface area contributed by atoms with E-state index >= 15 is 0 Å². The van der Waals surface area contributed by atoms with E-state index in [2.05, 4.69) is 15.9 Å². The van der Waals surface area contributed by atoms with E-state index in [1.807, 2.05) is 0 Å². The van der Waals surface area contributed by atoms with Crippen LogP contribution in [0.4, 0.5) is 0 Å². The molecule has 1 aromatic carbocycles. The summed E-state index contributed by atoms with van der Waals surface area (Å²) in [5, 5.41) is 9.08. The summed E-state index contributed by atoms with van der Waals surface area (Å²) in [6.45, 7) is 1.77. The van der Waals surface area contributed by atoms with E-state index in [0.717, 1.165) is 5.56 Å². The topological polar surface area (TPSA) is 55.8 Å². The monoisotopic (exact) mass is 274 g/mol. The van der Waals surface area contributed by atoms with Crippen LogP contribution >= 0.6 is 15.9 Å². The van der Waals surface area contributed by atoms with Gasteiger partial charge in [-0.1, -0.05) is 0 Å². The minimum Gasteiger partial charge on any atom is -0.495 e. The van der Waals surface area contributed by atoms with Crippen LogP contribution < -0.4 is 9.47 Å². The van der Waals surface area contributed by atoms with E-state index in [-0.39, 0.29) is 11.3 Å². The van der Waals surface area contributed by atoms with Crippen molar-refractivity contribution < 1.29 is 19.4 Å². The van der Waals surface area contributed by atoms with Crippen LogP contribution in [0.3, 0.4) is 0 Å². The fraction of sp³-hybridized carbons (Fsp3) is 0.300. The second kappa shape index (κ2) is 4.53. The van der Waals surface area contributed by atoms with Crippen molar-refractivity contribution in [2.75, 3.05) is 14.2 Å². The average Bonchev–Trinajstić information content (AvgIpc) is 2.16. The predicted molar refractivity (Wildman–Crippen MR) is 58.9 cm³/mol. The fourth-order valence-corrected chi connectivity index (χ4v) is 2.10. The van der Waals surface area contributed by atoms with Gasteiger partial charge < -0.3 is 14.6 Å². The van der Waals surface area contributed by atoms with Gasteiger partial charge >= 0.3 is 5.97 Å². The Morgan fingerprint density at radius 1 is 1.33 bits per heavy atom. The average molecular weight is 275 g/mol. The van der Waals surface area contributed by atoms with Crippen molar-refractivity contribution in [1.29, 1.82) is 0 Å². The second-order valence-electron chi connectivity index (χ2n) is 2.92. The van der Waals surface area contributed by atoms with Crippen molar-refractivity contribution in [3.05, 3.63) is 21.7 Å². The first-order valence-corrected chi connectivity index (χ1v) is 4.96. The van der Waals surface area contributed by atoms with Gasteiger partial charge in [0.2, 0.25) is 0 Å². The SMILES string of the molecule is COc1c(C)cc(Br)c(OC)c1C(=O)O. The largest absolute Gasteiger partial charge is 0.495 e. The maximum Gasteiger partial charge on any atom is 0.343 e. The molecule has 0 saturated carbocycles. The molecule has 82 valence electrons. The summed E-state index contributed by atoms with van der Waals surface area (Å²) in [6, 6.07) is 1.75. The third kappa shape index (κ3) is 2.07. The van der Waals surface area contributed by atoms with E-state index < -0.39 is 5.97 Å². The molecule has 1 rings (SSSR count). The maximum atomic E-state index is 11.1. The quantitative estimate of drug-likeness (QED) is 0.920. The third-order valence-electron chi connectivity index (χ3n) is 1.99. The molecule has 0 fully saturated rings. The maximum absolute atomic E-state index is 11.1. The number of methoxy groups -OCH3 is 2. The number of aryl methyl sites for hydroxylation is 1. The molecule has 0 radical (unpaired) electrons. The van der Waals surface area contributed by atoms with Crippen molar-refractivity contribution in [3.8, 4) is 11.5 Å². The lowest BCUT2D eigenvalue weighted by Gasteiger charge is -2.13. The summed E-state index contributed by atoms with van der Waals surface area (Å²) >= 11 is 3.25. The van der Waals surface area contributed by atoms with Gasteiger partial charge in [-0.3, -0.25) is 0 Å². The Balaban J connectivity index is 3.58. The van der Waals surface area contributed by atoms with Crippen molar-refractivity contribution >= 4 is 21.9 Å². The lowest BCUT2D eigenvalue weighted by atomic mass is 10.1. The minimum atomic E-state index is -1.08. The molecule has 0 heterocycles. The Bertz CT molecular complexity index is 373. The molecule has 5 heteroatoms. The smallest absolute Gasteiger partial charge is 0.343 e. The first kappa shape index (κ1) is 11.8. The molecule has 1 N–H and O–H groups in total. The Hall–Kier alpha value is -1.23. The van der Waals surface area contributed by atoms with Gasteiger partial charge in [-0.05, 0) is 34.5 Å². The van der Waals surface area contributed by atoms with Gasteiger partial charge in [-0.15, -0.1) is 0 Å². The Kier molecular flexibility index (Phi) is 3.57. The molecule has 0 aliphatic heterocycles. The highest BCUT2D eigenvalue weighted by molar-refractivity contribution is 9.10. The van der Waals surface area contributed by atoms with Crippen LogP contribution in [0.15, 0.2) is 10.5 Å². The summed E-state index contributed by atoms with van der Waals surface area (Å²) in [7, 11) is 2.85. The molecule has 0 unspecified atom stereocenters. The van der Waals surface area contributed by atoms with Crippen molar-refractivity contribution in [2.24, 2.45) is 0 Å². The summed E-state index contributed by atoms with van der Waals surface area (Å²) in [6.07, 6.45) is 0. The van der Waals surface area contributed by atoms with Gasteiger partial charge in [0.25, 0.3) is 0 Å². The van der Waals surface area contributed by atoms with Gasteiger partial charge in [0, 0.05) is 0 Å². The molecule has 4 nitrogen and oxygen atoms in total. The van der Waals surface area contributed by atoms with Crippen LogP contribution in [0.5, 0.6) is 11.5 Å². The Labute approximate surface area is 95.9 Å². The van der Waals surface area contributed by atoms with Crippen LogP contribution in [-0.2, 0) is 0 Å². The van der Waals surface area contributed by atoms with Crippen LogP contribution in [0.2, 0.25) is 0 Å². The van der Waals surface area contributed by atoms with E-state index in [1.165, 1.54) is 14.2 Å². The number of ether oxygens (including phenoxy) is 2. The Morgan fingerprint density at radius 2 is 1.87 bits per heavy atom. The number of carboxylic acids is 1. The number of carboxylic acid groups (broad SMARTS) is 1. The van der Waals surface area contributed by atoms with Crippen molar-refractivity contribution in [2.45, 2.75) is 6.92 Å². The highest BCUT2D eigenvalue weighted by Gasteiger charge is 2.22. The first-order chi connectivity index (χ1) is 7.02. The number of hydrogen-bond acceptors (Lipinski definition) is 3. The molecule has 0 aliphatic carbocycles. The highest BCUT2D eigenvalue weighted by atomic mass is 79.9. The van der Waals surface area contributed by atoms with E-state index in [9.17, 15) is 4.79 Å². The van der Waals surface area contributed by atoms with Crippen molar-refractivity contribution in [3.63, 3.8) is 0 Å². The number of hydrogen-bond donors (Lipinski definition) is 1. The molecule has 15 heavy (non-hydrogen) atoms. The zero-order chi connectivity index (χ0) is 11.6. The lowest BCUT2D eigenvalue weighted by Crippen LogP contribution is -2.05. The zero-order valence-corrected chi connectivity index (χ0v) is 10.2. The number of carbonyl (C=O) groups is 1. The van der Waals surface area contributed by atoms with Crippen molar-refractivity contribution in [1.82, 2.24) is 0 Å². The predicted octanol–water partition coefficient (Wildman–Crippen LogP) is 2.47. The number of rotatable bonds is 3.